The molecule has 1 atom stereocenters. The maximum Gasteiger partial charge on any atom is 0.253 e. The number of H-pyrrole nitrogens is 1. The van der Waals surface area contributed by atoms with Gasteiger partial charge in [0.25, 0.3) is 5.56 Å². The average molecular weight is 474 g/mol. The Labute approximate surface area is 204 Å². The van der Waals surface area contributed by atoms with E-state index in [-0.39, 0.29) is 17.4 Å². The molecule has 0 amide bonds. The zero-order valence-corrected chi connectivity index (χ0v) is 20.4. The summed E-state index contributed by atoms with van der Waals surface area (Å²) in [4.78, 5) is 18.0. The van der Waals surface area contributed by atoms with Crippen LogP contribution in [0.15, 0.2) is 77.6 Å². The van der Waals surface area contributed by atoms with E-state index in [1.54, 1.807) is 12.1 Å². The van der Waals surface area contributed by atoms with Crippen molar-refractivity contribution in [3.8, 4) is 0 Å². The van der Waals surface area contributed by atoms with Gasteiger partial charge in [0, 0.05) is 12.1 Å². The van der Waals surface area contributed by atoms with Crippen LogP contribution in [0.1, 0.15) is 40.8 Å². The summed E-state index contributed by atoms with van der Waals surface area (Å²) in [7, 11) is 0. The van der Waals surface area contributed by atoms with Gasteiger partial charge in [-0.3, -0.25) is 4.79 Å². The first kappa shape index (κ1) is 23.6. The van der Waals surface area contributed by atoms with Crippen molar-refractivity contribution < 1.29 is 4.39 Å². The molecule has 6 heteroatoms. The van der Waals surface area contributed by atoms with Gasteiger partial charge in [-0.15, -0.1) is 0 Å². The van der Waals surface area contributed by atoms with Crippen molar-refractivity contribution in [1.82, 2.24) is 15.2 Å². The van der Waals surface area contributed by atoms with E-state index in [2.05, 4.69) is 16.4 Å². The molecule has 0 aliphatic heterocycles. The molecule has 0 aliphatic rings. The Balaban J connectivity index is 1.64. The van der Waals surface area contributed by atoms with Gasteiger partial charge in [-0.25, -0.2) is 4.39 Å². The molecule has 0 bridgehead atoms. The first-order valence-electron chi connectivity index (χ1n) is 11.3. The fourth-order valence-electron chi connectivity index (χ4n) is 4.00. The lowest BCUT2D eigenvalue weighted by molar-refractivity contribution is 0.392. The Morgan fingerprint density at radius 2 is 1.74 bits per heavy atom. The molecule has 1 heterocycles. The van der Waals surface area contributed by atoms with Crippen LogP contribution >= 0.6 is 12.2 Å². The maximum absolute atomic E-state index is 13.5. The SMILES string of the molecule is Cc1ccc2cc(CN(Cc3ccc(F)cc3)C(=S)N[C@@H](C)c3ccccc3)c(=O)[nH]c2c1C. The van der Waals surface area contributed by atoms with Crippen molar-refractivity contribution in [3.63, 3.8) is 0 Å². The lowest BCUT2D eigenvalue weighted by Crippen LogP contribution is -2.41. The van der Waals surface area contributed by atoms with Gasteiger partial charge in [-0.2, -0.15) is 0 Å². The molecule has 34 heavy (non-hydrogen) atoms. The number of thiocarbonyl (C=S) groups is 1. The van der Waals surface area contributed by atoms with Gasteiger partial charge in [-0.1, -0.05) is 54.6 Å². The van der Waals surface area contributed by atoms with E-state index in [1.165, 1.54) is 12.1 Å². The zero-order chi connectivity index (χ0) is 24.2. The standard InChI is InChI=1S/C28H28FN3OS/c1-18-9-12-23-15-24(27(33)31-26(23)19(18)2)17-32(16-21-10-13-25(29)14-11-21)28(34)30-20(3)22-7-5-4-6-8-22/h4-15,20H,16-17H2,1-3H3,(H,30,34)(H,31,33)/t20-/m0/s1. The Bertz CT molecular complexity index is 1370. The van der Waals surface area contributed by atoms with Crippen LogP contribution in [0.4, 0.5) is 4.39 Å². The second-order valence-electron chi connectivity index (χ2n) is 8.66. The second-order valence-corrected chi connectivity index (χ2v) is 9.05. The number of hydrogen-bond donors (Lipinski definition) is 2. The normalized spacial score (nSPS) is 11.9. The predicted molar refractivity (Wildman–Crippen MR) is 140 cm³/mol. The van der Waals surface area contributed by atoms with Crippen molar-refractivity contribution in [3.05, 3.63) is 117 Å². The Morgan fingerprint density at radius 1 is 1.03 bits per heavy atom. The van der Waals surface area contributed by atoms with Crippen LogP contribution in [-0.4, -0.2) is 15.0 Å². The number of nitrogens with one attached hydrogen (secondary N) is 2. The molecule has 3 aromatic carbocycles. The molecule has 1 aromatic heterocycles. The van der Waals surface area contributed by atoms with Gasteiger partial charge >= 0.3 is 0 Å². The molecule has 0 aliphatic carbocycles. The highest BCUT2D eigenvalue weighted by Gasteiger charge is 2.17. The van der Waals surface area contributed by atoms with E-state index in [9.17, 15) is 9.18 Å². The molecule has 0 fully saturated rings. The van der Waals surface area contributed by atoms with Gasteiger partial charge in [0.15, 0.2) is 5.11 Å². The summed E-state index contributed by atoms with van der Waals surface area (Å²) in [5, 5.41) is 4.90. The van der Waals surface area contributed by atoms with E-state index < -0.39 is 0 Å². The van der Waals surface area contributed by atoms with Gasteiger partial charge in [0.1, 0.15) is 5.82 Å². The smallest absolute Gasteiger partial charge is 0.253 e. The fourth-order valence-corrected chi connectivity index (χ4v) is 4.31. The lowest BCUT2D eigenvalue weighted by atomic mass is 10.0. The van der Waals surface area contributed by atoms with E-state index >= 15 is 0 Å². The minimum Gasteiger partial charge on any atom is -0.356 e. The number of benzene rings is 3. The van der Waals surface area contributed by atoms with Crippen LogP contribution in [0.5, 0.6) is 0 Å². The summed E-state index contributed by atoms with van der Waals surface area (Å²) in [5.74, 6) is -0.287. The first-order valence-corrected chi connectivity index (χ1v) is 11.7. The Hall–Kier alpha value is -3.51. The number of fused-ring (bicyclic) bond motifs is 1. The van der Waals surface area contributed by atoms with Gasteiger partial charge < -0.3 is 15.2 Å². The third kappa shape index (κ3) is 5.34. The molecule has 4 nitrogen and oxygen atoms in total. The van der Waals surface area contributed by atoms with E-state index in [1.807, 2.05) is 68.1 Å². The molecule has 0 radical (unpaired) electrons. The molecule has 0 spiro atoms. The summed E-state index contributed by atoms with van der Waals surface area (Å²) in [6, 6.07) is 22.4. The zero-order valence-electron chi connectivity index (χ0n) is 19.6. The number of aryl methyl sites for hydroxylation is 2. The monoisotopic (exact) mass is 473 g/mol. The van der Waals surface area contributed by atoms with Crippen molar-refractivity contribution in [2.24, 2.45) is 0 Å². The highest BCUT2D eigenvalue weighted by Crippen LogP contribution is 2.20. The number of hydrogen-bond acceptors (Lipinski definition) is 2. The Morgan fingerprint density at radius 3 is 2.44 bits per heavy atom. The molecule has 0 saturated carbocycles. The third-order valence-corrected chi connectivity index (χ3v) is 6.58. The summed E-state index contributed by atoms with van der Waals surface area (Å²) in [6.45, 7) is 6.86. The van der Waals surface area contributed by atoms with Crippen molar-refractivity contribution >= 4 is 28.2 Å². The minimum absolute atomic E-state index is 0.00932. The first-order chi connectivity index (χ1) is 16.3. The summed E-state index contributed by atoms with van der Waals surface area (Å²) in [5.41, 5.74) is 5.56. The largest absolute Gasteiger partial charge is 0.356 e. The van der Waals surface area contributed by atoms with Crippen molar-refractivity contribution in [2.75, 3.05) is 0 Å². The average Bonchev–Trinajstić information content (AvgIpc) is 2.84. The van der Waals surface area contributed by atoms with Gasteiger partial charge in [-0.05, 0) is 78.8 Å². The molecule has 4 aromatic rings. The highest BCUT2D eigenvalue weighted by atomic mass is 32.1. The molecule has 0 unspecified atom stereocenters. The minimum atomic E-state index is -0.287. The number of nitrogens with zero attached hydrogens (tertiary/aromatic N) is 1. The maximum atomic E-state index is 13.5. The van der Waals surface area contributed by atoms with Crippen LogP contribution in [-0.2, 0) is 13.1 Å². The van der Waals surface area contributed by atoms with Gasteiger partial charge in [0.2, 0.25) is 0 Å². The fraction of sp³-hybridized carbons (Fsp3) is 0.214. The number of aromatic amines is 1. The van der Waals surface area contributed by atoms with Crippen LogP contribution in [0.2, 0.25) is 0 Å². The summed E-state index contributed by atoms with van der Waals surface area (Å²) >= 11 is 5.78. The summed E-state index contributed by atoms with van der Waals surface area (Å²) in [6.07, 6.45) is 0. The molecule has 174 valence electrons. The second kappa shape index (κ2) is 10.2. The Kier molecular flexibility index (Phi) is 7.08. The van der Waals surface area contributed by atoms with Crippen molar-refractivity contribution in [2.45, 2.75) is 39.9 Å². The van der Waals surface area contributed by atoms with Crippen LogP contribution < -0.4 is 10.9 Å². The van der Waals surface area contributed by atoms with E-state index in [0.29, 0.717) is 23.8 Å². The highest BCUT2D eigenvalue weighted by molar-refractivity contribution is 7.80. The quantitative estimate of drug-likeness (QED) is 0.341. The predicted octanol–water partition coefficient (Wildman–Crippen LogP) is 5.92. The number of rotatable bonds is 6. The van der Waals surface area contributed by atoms with Crippen LogP contribution in [0.3, 0.4) is 0 Å². The molecular weight excluding hydrogens is 445 g/mol. The number of halogens is 1. The van der Waals surface area contributed by atoms with Gasteiger partial charge in [0.05, 0.1) is 18.1 Å². The number of aromatic nitrogens is 1. The summed E-state index contributed by atoms with van der Waals surface area (Å²) < 4.78 is 13.5. The van der Waals surface area contributed by atoms with Crippen molar-refractivity contribution in [1.29, 1.82) is 0 Å². The molecule has 0 saturated heterocycles. The number of pyridine rings is 1. The molecule has 4 rings (SSSR count). The van der Waals surface area contributed by atoms with E-state index in [4.69, 9.17) is 12.2 Å². The van der Waals surface area contributed by atoms with Crippen LogP contribution in [0.25, 0.3) is 10.9 Å². The van der Waals surface area contributed by atoms with Crippen LogP contribution in [0, 0.1) is 19.7 Å². The molecular formula is C28H28FN3OS. The third-order valence-electron chi connectivity index (χ3n) is 6.20. The molecule has 2 N–H and O–H groups in total. The lowest BCUT2D eigenvalue weighted by Gasteiger charge is -2.28. The van der Waals surface area contributed by atoms with E-state index in [0.717, 1.165) is 33.2 Å². The topological polar surface area (TPSA) is 48.1 Å².